The van der Waals surface area contributed by atoms with E-state index in [0.29, 0.717) is 30.1 Å². The first-order valence-electron chi connectivity index (χ1n) is 10.6. The number of fused-ring (bicyclic) bond motifs is 3. The van der Waals surface area contributed by atoms with E-state index in [-0.39, 0.29) is 0 Å². The van der Waals surface area contributed by atoms with Gasteiger partial charge in [0.15, 0.2) is 5.69 Å². The highest BCUT2D eigenvalue weighted by Crippen LogP contribution is 2.39. The predicted octanol–water partition coefficient (Wildman–Crippen LogP) is 3.38. The zero-order valence-electron chi connectivity index (χ0n) is 18.7. The van der Waals surface area contributed by atoms with E-state index in [9.17, 15) is 18.0 Å². The number of alkyl halides is 3. The van der Waals surface area contributed by atoms with E-state index >= 15 is 0 Å². The molecule has 3 aliphatic rings. The van der Waals surface area contributed by atoms with Crippen LogP contribution in [0.1, 0.15) is 21.6 Å². The molecule has 0 atom stereocenters. The van der Waals surface area contributed by atoms with Crippen molar-refractivity contribution >= 4 is 17.4 Å². The van der Waals surface area contributed by atoms with E-state index in [4.69, 9.17) is 0 Å². The van der Waals surface area contributed by atoms with Crippen LogP contribution in [-0.4, -0.2) is 44.2 Å². The van der Waals surface area contributed by atoms with Crippen molar-refractivity contribution in [3.05, 3.63) is 65.2 Å². The minimum absolute atomic E-state index is 0.394. The first kappa shape index (κ1) is 22.4. The Kier molecular flexibility index (Phi) is 5.42. The molecule has 178 valence electrons. The maximum atomic E-state index is 13.0. The number of aryl methyl sites for hydroxylation is 1. The second-order valence-electron chi connectivity index (χ2n) is 7.97. The normalized spacial score (nSPS) is 13.6. The van der Waals surface area contributed by atoms with Crippen molar-refractivity contribution < 1.29 is 18.0 Å². The fourth-order valence-corrected chi connectivity index (χ4v) is 3.99. The highest BCUT2D eigenvalue weighted by atomic mass is 19.4. The number of rotatable bonds is 3. The van der Waals surface area contributed by atoms with Crippen molar-refractivity contribution in [2.75, 3.05) is 24.2 Å². The van der Waals surface area contributed by atoms with Crippen molar-refractivity contribution in [2.45, 2.75) is 19.6 Å². The maximum absolute atomic E-state index is 13.0. The van der Waals surface area contributed by atoms with Crippen LogP contribution in [0.3, 0.4) is 0 Å². The number of aromatic nitrogens is 5. The third kappa shape index (κ3) is 4.18. The van der Waals surface area contributed by atoms with Gasteiger partial charge in [0, 0.05) is 43.1 Å². The fourth-order valence-electron chi connectivity index (χ4n) is 3.99. The van der Waals surface area contributed by atoms with E-state index in [1.807, 2.05) is 19.1 Å². The smallest absolute Gasteiger partial charge is 0.369 e. The number of nitrogens with zero attached hydrogens (tertiary/aromatic N) is 6. The molecule has 0 bridgehead atoms. The first-order valence-corrected chi connectivity index (χ1v) is 10.6. The monoisotopic (exact) mass is 480 g/mol. The molecular weight excluding hydrogens is 461 g/mol. The molecule has 4 heterocycles. The average molecular weight is 480 g/mol. The molecule has 0 aliphatic carbocycles. The van der Waals surface area contributed by atoms with Gasteiger partial charge in [0.25, 0.3) is 5.91 Å². The predicted molar refractivity (Wildman–Crippen MR) is 122 cm³/mol. The van der Waals surface area contributed by atoms with E-state index < -0.39 is 23.3 Å². The molecule has 5 rings (SSSR count). The van der Waals surface area contributed by atoms with Crippen molar-refractivity contribution in [3.63, 3.8) is 0 Å². The molecule has 2 N–H and O–H groups in total. The van der Waals surface area contributed by atoms with Gasteiger partial charge in [0.1, 0.15) is 11.6 Å². The minimum Gasteiger partial charge on any atom is -0.369 e. The summed E-state index contributed by atoms with van der Waals surface area (Å²) in [6.45, 7) is 3.37. The van der Waals surface area contributed by atoms with Crippen molar-refractivity contribution in [3.8, 4) is 22.5 Å². The van der Waals surface area contributed by atoms with Gasteiger partial charge in [-0.3, -0.25) is 9.79 Å². The lowest BCUT2D eigenvalue weighted by Gasteiger charge is -2.18. The third-order valence-corrected chi connectivity index (χ3v) is 5.69. The number of amides is 1. The van der Waals surface area contributed by atoms with E-state index in [2.05, 4.69) is 40.4 Å². The number of pyridine rings is 1. The SMILES string of the molecule is CN=c1ncc2cc(-c3cc(NC(=O)c4cc(C(F)(F)F)cnn4)ccc3C)c3n(c-2n1)CCN3. The molecule has 12 heteroatoms. The molecule has 1 amide bonds. The van der Waals surface area contributed by atoms with Crippen LogP contribution < -0.4 is 16.3 Å². The number of halogens is 3. The molecule has 2 aromatic rings. The van der Waals surface area contributed by atoms with Crippen LogP contribution in [0.15, 0.2) is 47.7 Å². The second-order valence-corrected chi connectivity index (χ2v) is 7.97. The molecule has 0 fully saturated rings. The molecule has 3 aliphatic heterocycles. The average Bonchev–Trinajstić information content (AvgIpc) is 3.34. The van der Waals surface area contributed by atoms with E-state index in [0.717, 1.165) is 40.4 Å². The van der Waals surface area contributed by atoms with Gasteiger partial charge in [0.2, 0.25) is 5.62 Å². The maximum Gasteiger partial charge on any atom is 0.418 e. The number of hydrogen-bond donors (Lipinski definition) is 2. The molecule has 0 radical (unpaired) electrons. The number of nitrogens with one attached hydrogen (secondary N) is 2. The van der Waals surface area contributed by atoms with Gasteiger partial charge >= 0.3 is 6.18 Å². The van der Waals surface area contributed by atoms with Crippen LogP contribution in [0.4, 0.5) is 24.7 Å². The summed E-state index contributed by atoms with van der Waals surface area (Å²) >= 11 is 0. The number of carbonyl (C=O) groups is 1. The van der Waals surface area contributed by atoms with Gasteiger partial charge in [-0.2, -0.15) is 23.3 Å². The van der Waals surface area contributed by atoms with Crippen LogP contribution in [0.5, 0.6) is 0 Å². The summed E-state index contributed by atoms with van der Waals surface area (Å²) in [5.41, 5.74) is 2.81. The van der Waals surface area contributed by atoms with Crippen LogP contribution in [0.25, 0.3) is 22.5 Å². The molecule has 0 saturated carbocycles. The Hall–Kier alpha value is -4.35. The van der Waals surface area contributed by atoms with Gasteiger partial charge in [-0.25, -0.2) is 4.98 Å². The zero-order chi connectivity index (χ0) is 24.7. The highest BCUT2D eigenvalue weighted by Gasteiger charge is 2.32. The lowest BCUT2D eigenvalue weighted by molar-refractivity contribution is -0.137. The Bertz CT molecular complexity index is 1500. The summed E-state index contributed by atoms with van der Waals surface area (Å²) in [6.07, 6.45) is -2.33. The zero-order valence-corrected chi connectivity index (χ0v) is 18.7. The Morgan fingerprint density at radius 3 is 2.77 bits per heavy atom. The second kappa shape index (κ2) is 8.46. The topological polar surface area (TPSA) is 110 Å². The Morgan fingerprint density at radius 2 is 2.00 bits per heavy atom. The van der Waals surface area contributed by atoms with Gasteiger partial charge in [-0.1, -0.05) is 6.07 Å². The molecule has 1 aromatic carbocycles. The number of anilines is 2. The number of benzene rings is 1. The molecule has 1 aromatic heterocycles. The van der Waals surface area contributed by atoms with Crippen LogP contribution in [0.2, 0.25) is 0 Å². The van der Waals surface area contributed by atoms with Gasteiger partial charge < -0.3 is 15.2 Å². The van der Waals surface area contributed by atoms with E-state index in [1.165, 1.54) is 0 Å². The van der Waals surface area contributed by atoms with Gasteiger partial charge in [0.05, 0.1) is 11.8 Å². The van der Waals surface area contributed by atoms with Crippen molar-refractivity contribution in [1.82, 2.24) is 24.7 Å². The lowest BCUT2D eigenvalue weighted by atomic mass is 9.98. The van der Waals surface area contributed by atoms with Crippen LogP contribution in [-0.2, 0) is 12.7 Å². The van der Waals surface area contributed by atoms with Crippen LogP contribution in [0, 0.1) is 6.92 Å². The first-order chi connectivity index (χ1) is 16.7. The number of carbonyl (C=O) groups excluding carboxylic acids is 1. The van der Waals surface area contributed by atoms with E-state index in [1.54, 1.807) is 25.4 Å². The summed E-state index contributed by atoms with van der Waals surface area (Å²) in [7, 11) is 1.63. The molecule has 35 heavy (non-hydrogen) atoms. The van der Waals surface area contributed by atoms with Crippen molar-refractivity contribution in [2.24, 2.45) is 4.99 Å². The Balaban J connectivity index is 1.54. The summed E-state index contributed by atoms with van der Waals surface area (Å²) in [5, 5.41) is 12.9. The Morgan fingerprint density at radius 1 is 1.17 bits per heavy atom. The van der Waals surface area contributed by atoms with Gasteiger partial charge in [-0.05, 0) is 42.3 Å². The molecule has 0 spiro atoms. The molecule has 9 nitrogen and oxygen atoms in total. The summed E-state index contributed by atoms with van der Waals surface area (Å²) < 4.78 is 41.0. The molecule has 0 saturated heterocycles. The Labute approximate surface area is 197 Å². The highest BCUT2D eigenvalue weighted by molar-refractivity contribution is 6.03. The summed E-state index contributed by atoms with van der Waals surface area (Å²) in [6, 6.07) is 7.91. The quantitative estimate of drug-likeness (QED) is 0.465. The summed E-state index contributed by atoms with van der Waals surface area (Å²) in [5.74, 6) is 0.835. The van der Waals surface area contributed by atoms with Gasteiger partial charge in [-0.15, -0.1) is 5.10 Å². The third-order valence-electron chi connectivity index (χ3n) is 5.69. The largest absolute Gasteiger partial charge is 0.418 e. The molecule has 0 unspecified atom stereocenters. The number of hydrogen-bond acceptors (Lipinski definition) is 7. The molecular formula is C23H19F3N8O. The summed E-state index contributed by atoms with van der Waals surface area (Å²) in [4.78, 5) is 25.5. The van der Waals surface area contributed by atoms with Crippen molar-refractivity contribution in [1.29, 1.82) is 0 Å². The lowest BCUT2D eigenvalue weighted by Crippen LogP contribution is -2.17. The fraction of sp³-hybridized carbons (Fsp3) is 0.217. The van der Waals surface area contributed by atoms with Crippen LogP contribution >= 0.6 is 0 Å². The standard InChI is InChI=1S/C23H19F3N8O/c1-12-3-4-15(31-21(35)18-8-14(11-30-33-18)23(24,25)26)9-16(12)17-7-13-10-29-22(27-2)32-19(13)34-6-5-28-20(17)34/h3-4,7-11,28H,5-6H2,1-2H3,(H,31,35). The minimum atomic E-state index is -4.63.